The first-order valence-electron chi connectivity index (χ1n) is 8.14. The molecule has 0 aliphatic carbocycles. The van der Waals surface area contributed by atoms with Gasteiger partial charge >= 0.3 is 12.1 Å². The molecular formula is C16H28N2O5. The number of esters is 1. The van der Waals surface area contributed by atoms with Gasteiger partial charge in [0, 0.05) is 25.6 Å². The van der Waals surface area contributed by atoms with Crippen molar-refractivity contribution in [2.75, 3.05) is 19.7 Å². The lowest BCUT2D eigenvalue weighted by Gasteiger charge is -2.33. The molecular weight excluding hydrogens is 300 g/mol. The number of hydrogen-bond acceptors (Lipinski definition) is 5. The van der Waals surface area contributed by atoms with E-state index in [9.17, 15) is 14.4 Å². The fourth-order valence-electron chi connectivity index (χ4n) is 2.28. The van der Waals surface area contributed by atoms with Crippen LogP contribution in [0.5, 0.6) is 0 Å². The Hall–Kier alpha value is -1.79. The van der Waals surface area contributed by atoms with Crippen molar-refractivity contribution in [2.45, 2.75) is 65.0 Å². The number of nitrogens with zero attached hydrogens (tertiary/aromatic N) is 1. The van der Waals surface area contributed by atoms with Crippen molar-refractivity contribution in [2.24, 2.45) is 0 Å². The van der Waals surface area contributed by atoms with E-state index in [1.807, 2.05) is 20.8 Å². The number of rotatable bonds is 5. The van der Waals surface area contributed by atoms with E-state index in [1.54, 1.807) is 11.8 Å². The van der Waals surface area contributed by atoms with E-state index in [2.05, 4.69) is 5.32 Å². The number of nitrogens with one attached hydrogen (secondary N) is 1. The summed E-state index contributed by atoms with van der Waals surface area (Å²) in [6.45, 7) is 8.67. The van der Waals surface area contributed by atoms with Gasteiger partial charge in [0.15, 0.2) is 0 Å². The van der Waals surface area contributed by atoms with E-state index in [4.69, 9.17) is 9.47 Å². The molecule has 2 amide bonds. The number of carbonyl (C=O) groups excluding carboxylic acids is 3. The van der Waals surface area contributed by atoms with Gasteiger partial charge in [0.2, 0.25) is 5.91 Å². The summed E-state index contributed by atoms with van der Waals surface area (Å²) in [5, 5.41) is 2.90. The van der Waals surface area contributed by atoms with Crippen molar-refractivity contribution in [1.82, 2.24) is 10.2 Å². The highest BCUT2D eigenvalue weighted by Gasteiger charge is 2.27. The summed E-state index contributed by atoms with van der Waals surface area (Å²) in [4.78, 5) is 36.6. The molecule has 0 spiro atoms. The van der Waals surface area contributed by atoms with Gasteiger partial charge in [0.05, 0.1) is 13.0 Å². The highest BCUT2D eigenvalue weighted by molar-refractivity contribution is 5.81. The Kier molecular flexibility index (Phi) is 7.32. The molecule has 0 atom stereocenters. The number of piperidine rings is 1. The molecule has 0 saturated carbocycles. The molecule has 7 nitrogen and oxygen atoms in total. The Morgan fingerprint density at radius 2 is 1.74 bits per heavy atom. The van der Waals surface area contributed by atoms with Crippen LogP contribution < -0.4 is 5.32 Å². The van der Waals surface area contributed by atoms with E-state index >= 15 is 0 Å². The van der Waals surface area contributed by atoms with Crippen LogP contribution in [0, 0.1) is 0 Å². The van der Waals surface area contributed by atoms with Crippen LogP contribution in [0.25, 0.3) is 0 Å². The van der Waals surface area contributed by atoms with Gasteiger partial charge in [-0.2, -0.15) is 0 Å². The molecule has 1 fully saturated rings. The predicted octanol–water partition coefficient (Wildman–Crippen LogP) is 1.85. The third kappa shape index (κ3) is 7.85. The summed E-state index contributed by atoms with van der Waals surface area (Å²) in [6.07, 6.45) is 1.28. The molecule has 0 aromatic rings. The zero-order valence-electron chi connectivity index (χ0n) is 14.5. The van der Waals surface area contributed by atoms with Crippen molar-refractivity contribution < 1.29 is 23.9 Å². The van der Waals surface area contributed by atoms with Crippen molar-refractivity contribution >= 4 is 18.0 Å². The molecule has 1 aliphatic heterocycles. The van der Waals surface area contributed by atoms with Crippen LogP contribution in [-0.4, -0.2) is 54.2 Å². The first-order chi connectivity index (χ1) is 10.7. The maximum absolute atomic E-state index is 11.9. The van der Waals surface area contributed by atoms with Crippen molar-refractivity contribution in [3.8, 4) is 0 Å². The van der Waals surface area contributed by atoms with Crippen LogP contribution in [0.15, 0.2) is 0 Å². The maximum atomic E-state index is 11.9. The molecule has 0 bridgehead atoms. The molecule has 0 radical (unpaired) electrons. The zero-order valence-corrected chi connectivity index (χ0v) is 14.5. The van der Waals surface area contributed by atoms with Crippen molar-refractivity contribution in [3.05, 3.63) is 0 Å². The molecule has 132 valence electrons. The summed E-state index contributed by atoms with van der Waals surface area (Å²) in [5.41, 5.74) is -0.505. The van der Waals surface area contributed by atoms with Gasteiger partial charge in [-0.05, 0) is 40.5 Å². The SMILES string of the molecule is CCOC(=O)CCC(=O)NC1CCN(C(=O)OC(C)(C)C)CC1. The van der Waals surface area contributed by atoms with Crippen LogP contribution in [-0.2, 0) is 19.1 Å². The monoisotopic (exact) mass is 328 g/mol. The van der Waals surface area contributed by atoms with Gasteiger partial charge in [0.1, 0.15) is 5.60 Å². The second kappa shape index (κ2) is 8.74. The molecule has 1 aliphatic rings. The first kappa shape index (κ1) is 19.3. The normalized spacial score (nSPS) is 15.9. The predicted molar refractivity (Wildman–Crippen MR) is 84.8 cm³/mol. The second-order valence-electron chi connectivity index (χ2n) is 6.61. The van der Waals surface area contributed by atoms with E-state index in [-0.39, 0.29) is 36.9 Å². The van der Waals surface area contributed by atoms with Crippen LogP contribution in [0.2, 0.25) is 0 Å². The molecule has 0 aromatic carbocycles. The Morgan fingerprint density at radius 3 is 2.26 bits per heavy atom. The van der Waals surface area contributed by atoms with Gasteiger partial charge in [-0.15, -0.1) is 0 Å². The largest absolute Gasteiger partial charge is 0.466 e. The fraction of sp³-hybridized carbons (Fsp3) is 0.812. The quantitative estimate of drug-likeness (QED) is 0.779. The highest BCUT2D eigenvalue weighted by Crippen LogP contribution is 2.15. The number of likely N-dealkylation sites (tertiary alicyclic amines) is 1. The lowest BCUT2D eigenvalue weighted by Crippen LogP contribution is -2.47. The zero-order chi connectivity index (χ0) is 17.5. The minimum atomic E-state index is -0.505. The maximum Gasteiger partial charge on any atom is 0.410 e. The van der Waals surface area contributed by atoms with Gasteiger partial charge in [-0.1, -0.05) is 0 Å². The molecule has 0 aromatic heterocycles. The smallest absolute Gasteiger partial charge is 0.410 e. The van der Waals surface area contributed by atoms with Crippen LogP contribution >= 0.6 is 0 Å². The molecule has 1 saturated heterocycles. The summed E-state index contributed by atoms with van der Waals surface area (Å²) >= 11 is 0. The molecule has 1 N–H and O–H groups in total. The number of carbonyl (C=O) groups is 3. The molecule has 1 heterocycles. The fourth-order valence-corrected chi connectivity index (χ4v) is 2.28. The molecule has 7 heteroatoms. The van der Waals surface area contributed by atoms with Crippen LogP contribution in [0.4, 0.5) is 4.79 Å². The Labute approximate surface area is 137 Å². The van der Waals surface area contributed by atoms with E-state index in [1.165, 1.54) is 0 Å². The number of hydrogen-bond donors (Lipinski definition) is 1. The lowest BCUT2D eigenvalue weighted by atomic mass is 10.1. The average Bonchev–Trinajstić information content (AvgIpc) is 2.44. The highest BCUT2D eigenvalue weighted by atomic mass is 16.6. The first-order valence-corrected chi connectivity index (χ1v) is 8.14. The Balaban J connectivity index is 2.27. The molecule has 23 heavy (non-hydrogen) atoms. The van der Waals surface area contributed by atoms with E-state index in [0.29, 0.717) is 32.5 Å². The second-order valence-corrected chi connectivity index (χ2v) is 6.61. The van der Waals surface area contributed by atoms with Gasteiger partial charge < -0.3 is 19.7 Å². The summed E-state index contributed by atoms with van der Waals surface area (Å²) < 4.78 is 10.1. The van der Waals surface area contributed by atoms with E-state index in [0.717, 1.165) is 0 Å². The minimum absolute atomic E-state index is 0.0309. The van der Waals surface area contributed by atoms with Crippen molar-refractivity contribution in [3.63, 3.8) is 0 Å². The number of amides is 2. The van der Waals surface area contributed by atoms with E-state index < -0.39 is 5.60 Å². The summed E-state index contributed by atoms with van der Waals surface area (Å²) in [7, 11) is 0. The van der Waals surface area contributed by atoms with Gasteiger partial charge in [0.25, 0.3) is 0 Å². The Morgan fingerprint density at radius 1 is 1.13 bits per heavy atom. The van der Waals surface area contributed by atoms with Gasteiger partial charge in [-0.25, -0.2) is 4.79 Å². The van der Waals surface area contributed by atoms with Gasteiger partial charge in [-0.3, -0.25) is 9.59 Å². The minimum Gasteiger partial charge on any atom is -0.466 e. The molecule has 0 unspecified atom stereocenters. The standard InChI is InChI=1S/C16H28N2O5/c1-5-22-14(20)7-6-13(19)17-12-8-10-18(11-9-12)15(21)23-16(2,3)4/h12H,5-11H2,1-4H3,(H,17,19). The lowest BCUT2D eigenvalue weighted by molar-refractivity contribution is -0.144. The van der Waals surface area contributed by atoms with Crippen molar-refractivity contribution in [1.29, 1.82) is 0 Å². The third-order valence-corrected chi connectivity index (χ3v) is 3.37. The molecule has 1 rings (SSSR count). The summed E-state index contributed by atoms with van der Waals surface area (Å²) in [5.74, 6) is -0.517. The third-order valence-electron chi connectivity index (χ3n) is 3.37. The average molecular weight is 328 g/mol. The topological polar surface area (TPSA) is 84.9 Å². The van der Waals surface area contributed by atoms with Crippen LogP contribution in [0.3, 0.4) is 0 Å². The number of ether oxygens (including phenoxy) is 2. The summed E-state index contributed by atoms with van der Waals surface area (Å²) in [6, 6.07) is 0.0309. The Bertz CT molecular complexity index is 423. The van der Waals surface area contributed by atoms with Crippen LogP contribution in [0.1, 0.15) is 53.4 Å².